The van der Waals surface area contributed by atoms with Crippen molar-refractivity contribution in [1.82, 2.24) is 0 Å². The predicted octanol–water partition coefficient (Wildman–Crippen LogP) is 3.87. The van der Waals surface area contributed by atoms with Crippen molar-refractivity contribution < 1.29 is 9.47 Å². The maximum absolute atomic E-state index is 6.08. The molecule has 0 heterocycles. The van der Waals surface area contributed by atoms with Crippen molar-refractivity contribution in [3.05, 3.63) is 22.7 Å². The van der Waals surface area contributed by atoms with E-state index in [0.29, 0.717) is 22.4 Å². The van der Waals surface area contributed by atoms with Crippen molar-refractivity contribution in [2.75, 3.05) is 14.2 Å². The van der Waals surface area contributed by atoms with Crippen LogP contribution < -0.4 is 9.47 Å². The average molecular weight is 229 g/mol. The predicted molar refractivity (Wildman–Crippen MR) is 63.3 cm³/mol. The maximum atomic E-state index is 6.08. The number of halogens is 1. The van der Waals surface area contributed by atoms with Gasteiger partial charge in [0.15, 0.2) is 0 Å². The zero-order valence-electron chi connectivity index (χ0n) is 9.63. The highest BCUT2D eigenvalue weighted by molar-refractivity contribution is 6.33. The van der Waals surface area contributed by atoms with Crippen LogP contribution in [0.1, 0.15) is 31.7 Å². The Balaban J connectivity index is 3.20. The van der Waals surface area contributed by atoms with Gasteiger partial charge < -0.3 is 9.47 Å². The van der Waals surface area contributed by atoms with Crippen LogP contribution in [0.25, 0.3) is 0 Å². The van der Waals surface area contributed by atoms with E-state index in [2.05, 4.69) is 13.8 Å². The second-order valence-corrected chi connectivity index (χ2v) is 3.93. The molecule has 15 heavy (non-hydrogen) atoms. The van der Waals surface area contributed by atoms with E-state index in [4.69, 9.17) is 21.1 Å². The van der Waals surface area contributed by atoms with Gasteiger partial charge in [0.25, 0.3) is 0 Å². The van der Waals surface area contributed by atoms with Gasteiger partial charge in [-0.2, -0.15) is 0 Å². The molecule has 3 heteroatoms. The highest BCUT2D eigenvalue weighted by Gasteiger charge is 2.12. The summed E-state index contributed by atoms with van der Waals surface area (Å²) in [5.41, 5.74) is 1.19. The molecule has 0 aromatic heterocycles. The number of hydrogen-bond acceptors (Lipinski definition) is 2. The van der Waals surface area contributed by atoms with Crippen LogP contribution in [0.5, 0.6) is 11.5 Å². The Bertz CT molecular complexity index is 311. The van der Waals surface area contributed by atoms with Crippen LogP contribution in [0.3, 0.4) is 0 Å². The number of hydrogen-bond donors (Lipinski definition) is 0. The smallest absolute Gasteiger partial charge is 0.141 e. The molecule has 1 unspecified atom stereocenters. The van der Waals surface area contributed by atoms with Crippen molar-refractivity contribution in [3.63, 3.8) is 0 Å². The number of rotatable bonds is 4. The van der Waals surface area contributed by atoms with E-state index in [1.165, 1.54) is 5.56 Å². The Morgan fingerprint density at radius 1 is 1.20 bits per heavy atom. The highest BCUT2D eigenvalue weighted by Crippen LogP contribution is 2.37. The lowest BCUT2D eigenvalue weighted by atomic mass is 9.98. The summed E-state index contributed by atoms with van der Waals surface area (Å²) in [5.74, 6) is 1.82. The summed E-state index contributed by atoms with van der Waals surface area (Å²) >= 11 is 6.08. The Labute approximate surface area is 96.2 Å². The molecule has 0 N–H and O–H groups in total. The van der Waals surface area contributed by atoms with E-state index in [1.807, 2.05) is 12.1 Å². The third-order valence-electron chi connectivity index (χ3n) is 2.65. The highest BCUT2D eigenvalue weighted by atomic mass is 35.5. The molecule has 0 aliphatic carbocycles. The molecule has 0 aliphatic heterocycles. The molecule has 2 nitrogen and oxygen atoms in total. The first-order chi connectivity index (χ1) is 7.13. The van der Waals surface area contributed by atoms with Crippen LogP contribution >= 0.6 is 11.6 Å². The van der Waals surface area contributed by atoms with Crippen LogP contribution in [0.4, 0.5) is 0 Å². The number of methoxy groups -OCH3 is 2. The van der Waals surface area contributed by atoms with Crippen molar-refractivity contribution >= 4 is 11.6 Å². The van der Waals surface area contributed by atoms with Crippen LogP contribution in [-0.4, -0.2) is 14.2 Å². The molecule has 0 bridgehead atoms. The van der Waals surface area contributed by atoms with E-state index in [-0.39, 0.29) is 0 Å². The maximum Gasteiger partial charge on any atom is 0.141 e. The van der Waals surface area contributed by atoms with Gasteiger partial charge in [-0.1, -0.05) is 25.4 Å². The molecule has 1 rings (SSSR count). The third kappa shape index (κ3) is 2.57. The molecule has 0 spiro atoms. The molecule has 1 aromatic rings. The van der Waals surface area contributed by atoms with Gasteiger partial charge in [0.2, 0.25) is 0 Å². The van der Waals surface area contributed by atoms with Gasteiger partial charge in [-0.15, -0.1) is 0 Å². The number of ether oxygens (including phenoxy) is 2. The van der Waals surface area contributed by atoms with Crippen molar-refractivity contribution in [2.24, 2.45) is 0 Å². The summed E-state index contributed by atoms with van der Waals surface area (Å²) in [6.45, 7) is 4.32. The summed E-state index contributed by atoms with van der Waals surface area (Å²) in [5, 5.41) is 0.534. The lowest BCUT2D eigenvalue weighted by molar-refractivity contribution is 0.393. The van der Waals surface area contributed by atoms with E-state index >= 15 is 0 Å². The first-order valence-electron chi connectivity index (χ1n) is 5.05. The van der Waals surface area contributed by atoms with Gasteiger partial charge in [-0.05, 0) is 30.0 Å². The Morgan fingerprint density at radius 2 is 1.67 bits per heavy atom. The number of benzene rings is 1. The van der Waals surface area contributed by atoms with Crippen molar-refractivity contribution in [1.29, 1.82) is 0 Å². The van der Waals surface area contributed by atoms with Crippen LogP contribution in [-0.2, 0) is 0 Å². The molecule has 0 amide bonds. The SMILES string of the molecule is CCC(C)c1cc(OC)c(Cl)c(OC)c1. The fourth-order valence-electron chi connectivity index (χ4n) is 1.41. The van der Waals surface area contributed by atoms with Crippen molar-refractivity contribution in [3.8, 4) is 11.5 Å². The fraction of sp³-hybridized carbons (Fsp3) is 0.500. The van der Waals surface area contributed by atoms with Crippen LogP contribution in [0, 0.1) is 0 Å². The normalized spacial score (nSPS) is 12.3. The van der Waals surface area contributed by atoms with E-state index in [9.17, 15) is 0 Å². The quantitative estimate of drug-likeness (QED) is 0.779. The largest absolute Gasteiger partial charge is 0.495 e. The minimum absolute atomic E-state index is 0.477. The standard InChI is InChI=1S/C12H17ClO2/c1-5-8(2)9-6-10(14-3)12(13)11(7-9)15-4/h6-8H,5H2,1-4H3. The van der Waals surface area contributed by atoms with Gasteiger partial charge >= 0.3 is 0 Å². The van der Waals surface area contributed by atoms with Gasteiger partial charge in [-0.3, -0.25) is 0 Å². The van der Waals surface area contributed by atoms with Gasteiger partial charge in [0.05, 0.1) is 14.2 Å². The topological polar surface area (TPSA) is 18.5 Å². The second kappa shape index (κ2) is 5.26. The molecule has 0 fully saturated rings. The molecule has 0 aliphatic rings. The minimum Gasteiger partial charge on any atom is -0.495 e. The molecule has 1 aromatic carbocycles. The molecular formula is C12H17ClO2. The molecule has 0 saturated heterocycles. The third-order valence-corrected chi connectivity index (χ3v) is 3.02. The zero-order chi connectivity index (χ0) is 11.4. The van der Waals surface area contributed by atoms with E-state index in [1.54, 1.807) is 14.2 Å². The Hall–Kier alpha value is -0.890. The van der Waals surface area contributed by atoms with Gasteiger partial charge in [0, 0.05) is 0 Å². The van der Waals surface area contributed by atoms with E-state index in [0.717, 1.165) is 6.42 Å². The average Bonchev–Trinajstić information content (AvgIpc) is 2.28. The summed E-state index contributed by atoms with van der Waals surface area (Å²) in [4.78, 5) is 0. The molecule has 0 radical (unpaired) electrons. The lowest BCUT2D eigenvalue weighted by Crippen LogP contribution is -1.96. The van der Waals surface area contributed by atoms with Crippen molar-refractivity contribution in [2.45, 2.75) is 26.2 Å². The summed E-state index contributed by atoms with van der Waals surface area (Å²) in [6, 6.07) is 3.94. The molecule has 84 valence electrons. The first kappa shape index (κ1) is 12.2. The summed E-state index contributed by atoms with van der Waals surface area (Å²) in [6.07, 6.45) is 1.08. The van der Waals surface area contributed by atoms with Gasteiger partial charge in [0.1, 0.15) is 16.5 Å². The lowest BCUT2D eigenvalue weighted by Gasteiger charge is -2.14. The summed E-state index contributed by atoms with van der Waals surface area (Å²) in [7, 11) is 3.22. The molecule has 0 saturated carbocycles. The molecule has 1 atom stereocenters. The summed E-state index contributed by atoms with van der Waals surface area (Å²) < 4.78 is 10.4. The second-order valence-electron chi connectivity index (χ2n) is 3.55. The first-order valence-corrected chi connectivity index (χ1v) is 5.43. The van der Waals surface area contributed by atoms with Crippen LogP contribution in [0.15, 0.2) is 12.1 Å². The molecular weight excluding hydrogens is 212 g/mol. The van der Waals surface area contributed by atoms with Crippen LogP contribution in [0.2, 0.25) is 5.02 Å². The Kier molecular flexibility index (Phi) is 4.28. The minimum atomic E-state index is 0.477. The monoisotopic (exact) mass is 228 g/mol. The van der Waals surface area contributed by atoms with Gasteiger partial charge in [-0.25, -0.2) is 0 Å². The zero-order valence-corrected chi connectivity index (χ0v) is 10.4. The fourth-order valence-corrected chi connectivity index (χ4v) is 1.67. The van der Waals surface area contributed by atoms with E-state index < -0.39 is 0 Å². The Morgan fingerprint density at radius 3 is 2.00 bits per heavy atom.